The molecule has 1 aromatic carbocycles. The molecule has 4 rings (SSSR count). The maximum Gasteiger partial charge on any atom is 0.421 e. The number of hydrogen-bond donors (Lipinski definition) is 3. The third-order valence-electron chi connectivity index (χ3n) is 4.79. The Labute approximate surface area is 149 Å². The zero-order valence-electron chi connectivity index (χ0n) is 14.4. The number of amides is 1. The van der Waals surface area contributed by atoms with Gasteiger partial charge in [-0.15, -0.1) is 0 Å². The van der Waals surface area contributed by atoms with Crippen molar-refractivity contribution in [3.05, 3.63) is 35.0 Å². The second-order valence-corrected chi connectivity index (χ2v) is 7.06. The van der Waals surface area contributed by atoms with Crippen LogP contribution in [0.15, 0.2) is 18.2 Å². The van der Waals surface area contributed by atoms with E-state index in [1.807, 2.05) is 13.8 Å². The molecule has 1 saturated heterocycles. The van der Waals surface area contributed by atoms with E-state index in [2.05, 4.69) is 10.3 Å². The summed E-state index contributed by atoms with van der Waals surface area (Å²) in [5.74, 6) is -4.00. The van der Waals surface area contributed by atoms with E-state index < -0.39 is 23.6 Å². The molecule has 1 amide bonds. The molecule has 2 aromatic rings. The predicted octanol–water partition coefficient (Wildman–Crippen LogP) is 0.832. The van der Waals surface area contributed by atoms with Gasteiger partial charge in [0.05, 0.1) is 0 Å². The van der Waals surface area contributed by atoms with Gasteiger partial charge in [-0.2, -0.15) is 0 Å². The van der Waals surface area contributed by atoms with Crippen molar-refractivity contribution in [3.8, 4) is 0 Å². The van der Waals surface area contributed by atoms with Crippen molar-refractivity contribution in [2.45, 2.75) is 44.6 Å². The minimum absolute atomic E-state index is 0.0718. The molecule has 2 aliphatic rings. The lowest BCUT2D eigenvalue weighted by Gasteiger charge is -2.35. The van der Waals surface area contributed by atoms with Gasteiger partial charge in [0, 0.05) is 35.0 Å². The molecule has 8 heteroatoms. The van der Waals surface area contributed by atoms with Crippen molar-refractivity contribution in [3.63, 3.8) is 0 Å². The van der Waals surface area contributed by atoms with Crippen molar-refractivity contribution in [1.29, 1.82) is 0 Å². The van der Waals surface area contributed by atoms with E-state index in [-0.39, 0.29) is 12.1 Å². The lowest BCUT2D eigenvalue weighted by molar-refractivity contribution is -0.193. The predicted molar refractivity (Wildman–Crippen MR) is 91.1 cm³/mol. The van der Waals surface area contributed by atoms with Crippen LogP contribution in [-0.2, 0) is 31.3 Å². The minimum Gasteiger partial charge on any atom is -0.408 e. The molecule has 1 aliphatic heterocycles. The Morgan fingerprint density at radius 1 is 1.31 bits per heavy atom. The number of carbonyl (C=O) groups excluding carboxylic acids is 3. The quantitative estimate of drug-likeness (QED) is 0.552. The topological polar surface area (TPSA) is 124 Å². The van der Waals surface area contributed by atoms with E-state index in [0.717, 1.165) is 16.5 Å². The fourth-order valence-electron chi connectivity index (χ4n) is 3.86. The van der Waals surface area contributed by atoms with Crippen LogP contribution < -0.4 is 11.1 Å². The van der Waals surface area contributed by atoms with Gasteiger partial charge in [-0.3, -0.25) is 4.79 Å². The first-order valence-electron chi connectivity index (χ1n) is 8.46. The van der Waals surface area contributed by atoms with E-state index in [0.29, 0.717) is 24.1 Å². The number of benzene rings is 1. The van der Waals surface area contributed by atoms with Crippen LogP contribution in [0.5, 0.6) is 0 Å². The maximum absolute atomic E-state index is 11.8. The molecule has 0 bridgehead atoms. The molecule has 1 spiro atoms. The second-order valence-electron chi connectivity index (χ2n) is 7.06. The molecule has 1 unspecified atom stereocenters. The summed E-state index contributed by atoms with van der Waals surface area (Å²) < 4.78 is 10.7. The van der Waals surface area contributed by atoms with Gasteiger partial charge in [-0.1, -0.05) is 13.8 Å². The van der Waals surface area contributed by atoms with Gasteiger partial charge in [0.25, 0.3) is 0 Å². The highest BCUT2D eigenvalue weighted by Gasteiger charge is 2.55. The fraction of sp³-hybridized carbons (Fsp3) is 0.389. The lowest BCUT2D eigenvalue weighted by Crippen LogP contribution is -2.47. The second kappa shape index (κ2) is 5.57. The first-order chi connectivity index (χ1) is 12.3. The SMILES string of the molecule is CC(C)NC1Cc2c([nH]c3ccc(C(N)=O)cc23)C2(C1)OC(=O)C(=O)O2. The number of ether oxygens (including phenoxy) is 2. The van der Waals surface area contributed by atoms with Crippen molar-refractivity contribution < 1.29 is 23.9 Å². The highest BCUT2D eigenvalue weighted by atomic mass is 16.8. The summed E-state index contributed by atoms with van der Waals surface area (Å²) in [6.45, 7) is 4.02. The molecular weight excluding hydrogens is 338 g/mol. The first-order valence-corrected chi connectivity index (χ1v) is 8.46. The van der Waals surface area contributed by atoms with Gasteiger partial charge in [0.1, 0.15) is 5.69 Å². The van der Waals surface area contributed by atoms with Crippen LogP contribution in [0.2, 0.25) is 0 Å². The number of nitrogens with one attached hydrogen (secondary N) is 2. The number of aromatic nitrogens is 1. The standard InChI is InChI=1S/C18H19N3O5/c1-8(2)20-10-6-12-11-5-9(15(19)22)3-4-13(11)21-14(12)18(7-10)25-16(23)17(24)26-18/h3-5,8,10,20-21H,6-7H2,1-2H3,(H2,19,22). The zero-order valence-corrected chi connectivity index (χ0v) is 14.4. The highest BCUT2D eigenvalue weighted by molar-refractivity contribution is 6.31. The van der Waals surface area contributed by atoms with E-state index in [1.165, 1.54) is 0 Å². The number of esters is 2. The van der Waals surface area contributed by atoms with Crippen LogP contribution in [0.3, 0.4) is 0 Å². The molecule has 0 saturated carbocycles. The Hall–Kier alpha value is -2.87. The third kappa shape index (κ3) is 2.45. The summed E-state index contributed by atoms with van der Waals surface area (Å²) in [6.07, 6.45) is 0.942. The number of carbonyl (C=O) groups is 3. The summed E-state index contributed by atoms with van der Waals surface area (Å²) >= 11 is 0. The van der Waals surface area contributed by atoms with Gasteiger partial charge in [0.2, 0.25) is 5.91 Å². The number of fused-ring (bicyclic) bond motifs is 4. The zero-order chi connectivity index (χ0) is 18.6. The Bertz CT molecular complexity index is 930. The fourth-order valence-corrected chi connectivity index (χ4v) is 3.86. The normalized spacial score (nSPS) is 21.1. The number of H-pyrrole nitrogens is 1. The molecule has 8 nitrogen and oxygen atoms in total. The molecule has 4 N–H and O–H groups in total. The minimum atomic E-state index is -1.47. The van der Waals surface area contributed by atoms with Crippen LogP contribution in [0, 0.1) is 0 Å². The van der Waals surface area contributed by atoms with Gasteiger partial charge in [-0.05, 0) is 30.2 Å². The molecule has 1 fully saturated rings. The van der Waals surface area contributed by atoms with Crippen LogP contribution >= 0.6 is 0 Å². The van der Waals surface area contributed by atoms with E-state index in [4.69, 9.17) is 15.2 Å². The number of aromatic amines is 1. The Morgan fingerprint density at radius 3 is 2.62 bits per heavy atom. The summed E-state index contributed by atoms with van der Waals surface area (Å²) in [5, 5.41) is 4.20. The van der Waals surface area contributed by atoms with Crippen molar-refractivity contribution in [1.82, 2.24) is 10.3 Å². The molecule has 26 heavy (non-hydrogen) atoms. The molecule has 0 radical (unpaired) electrons. The molecule has 1 aromatic heterocycles. The Balaban J connectivity index is 1.89. The number of nitrogens with two attached hydrogens (primary N) is 1. The Morgan fingerprint density at radius 2 is 2.00 bits per heavy atom. The number of hydrogen-bond acceptors (Lipinski definition) is 6. The molecular formula is C18H19N3O5. The van der Waals surface area contributed by atoms with Gasteiger partial charge in [-0.25, -0.2) is 9.59 Å². The van der Waals surface area contributed by atoms with E-state index >= 15 is 0 Å². The molecule has 1 atom stereocenters. The lowest BCUT2D eigenvalue weighted by atomic mass is 9.86. The van der Waals surface area contributed by atoms with Crippen molar-refractivity contribution in [2.75, 3.05) is 0 Å². The number of primary amides is 1. The largest absolute Gasteiger partial charge is 0.421 e. The van der Waals surface area contributed by atoms with Gasteiger partial charge < -0.3 is 25.5 Å². The number of rotatable bonds is 3. The monoisotopic (exact) mass is 357 g/mol. The third-order valence-corrected chi connectivity index (χ3v) is 4.79. The summed E-state index contributed by atoms with van der Waals surface area (Å²) in [7, 11) is 0. The highest BCUT2D eigenvalue weighted by Crippen LogP contribution is 2.45. The summed E-state index contributed by atoms with van der Waals surface area (Å²) in [6, 6.07) is 5.19. The van der Waals surface area contributed by atoms with E-state index in [1.54, 1.807) is 18.2 Å². The molecule has 136 valence electrons. The van der Waals surface area contributed by atoms with Gasteiger partial charge in [0.15, 0.2) is 0 Å². The van der Waals surface area contributed by atoms with Crippen LogP contribution in [0.25, 0.3) is 10.9 Å². The average Bonchev–Trinajstić information content (AvgIpc) is 3.05. The summed E-state index contributed by atoms with van der Waals surface area (Å²) in [5.41, 5.74) is 7.91. The maximum atomic E-state index is 11.8. The van der Waals surface area contributed by atoms with Crippen molar-refractivity contribution in [2.24, 2.45) is 5.73 Å². The summed E-state index contributed by atoms with van der Waals surface area (Å²) in [4.78, 5) is 38.2. The first kappa shape index (κ1) is 16.6. The molecule has 1 aliphatic carbocycles. The smallest absolute Gasteiger partial charge is 0.408 e. The van der Waals surface area contributed by atoms with Crippen LogP contribution in [-0.4, -0.2) is 34.9 Å². The van der Waals surface area contributed by atoms with Crippen LogP contribution in [0.4, 0.5) is 0 Å². The van der Waals surface area contributed by atoms with Crippen LogP contribution in [0.1, 0.15) is 41.9 Å². The van der Waals surface area contributed by atoms with Crippen molar-refractivity contribution >= 4 is 28.7 Å². The Kier molecular flexibility index (Phi) is 3.55. The molecule has 2 heterocycles. The van der Waals surface area contributed by atoms with E-state index in [9.17, 15) is 14.4 Å². The van der Waals surface area contributed by atoms with Gasteiger partial charge >= 0.3 is 17.7 Å². The average molecular weight is 357 g/mol.